The minimum atomic E-state index is -3.57. The molecule has 8 heteroatoms. The Balaban J connectivity index is 0.00000196. The first kappa shape index (κ1) is 19.4. The standard InChI is InChI=1S/C18H24N4O2S.ClH/c19-10-15-11-22(12-16(15)14-6-2-1-3-7-14)25(23,24)18-13-21-9-5-4-8-17(21)20-18;/h1-3,6-7,13,15-16H,4-5,8-12,19H2;1H/t15-,16+;/m1./s1. The molecule has 3 heterocycles. The largest absolute Gasteiger partial charge is 0.333 e. The lowest BCUT2D eigenvalue weighted by molar-refractivity contribution is 0.456. The molecule has 2 atom stereocenters. The summed E-state index contributed by atoms with van der Waals surface area (Å²) in [6, 6.07) is 10.1. The van der Waals surface area contributed by atoms with Gasteiger partial charge in [0, 0.05) is 38.2 Å². The number of rotatable bonds is 4. The Morgan fingerprint density at radius 2 is 1.92 bits per heavy atom. The topological polar surface area (TPSA) is 81.2 Å². The molecule has 2 aromatic rings. The van der Waals surface area contributed by atoms with Crippen molar-refractivity contribution in [3.8, 4) is 0 Å². The van der Waals surface area contributed by atoms with Crippen molar-refractivity contribution in [2.75, 3.05) is 19.6 Å². The van der Waals surface area contributed by atoms with Crippen LogP contribution in [0.5, 0.6) is 0 Å². The number of hydrogen-bond acceptors (Lipinski definition) is 4. The van der Waals surface area contributed by atoms with Crippen LogP contribution in [0.25, 0.3) is 0 Å². The van der Waals surface area contributed by atoms with Crippen LogP contribution < -0.4 is 5.73 Å². The molecule has 0 amide bonds. The SMILES string of the molecule is Cl.NC[C@@H]1CN(S(=O)(=O)c2cn3c(n2)CCCC3)C[C@H]1c1ccccc1. The number of fused-ring (bicyclic) bond motifs is 1. The Morgan fingerprint density at radius 3 is 2.62 bits per heavy atom. The molecule has 0 unspecified atom stereocenters. The predicted octanol–water partition coefficient (Wildman–Crippen LogP) is 2.00. The van der Waals surface area contributed by atoms with Gasteiger partial charge in [0.15, 0.2) is 5.03 Å². The third-order valence-corrected chi connectivity index (χ3v) is 7.13. The van der Waals surface area contributed by atoms with Gasteiger partial charge in [-0.15, -0.1) is 12.4 Å². The molecule has 2 N–H and O–H groups in total. The van der Waals surface area contributed by atoms with E-state index in [1.54, 1.807) is 10.5 Å². The first-order valence-electron chi connectivity index (χ1n) is 8.91. The van der Waals surface area contributed by atoms with Gasteiger partial charge in [-0.25, -0.2) is 13.4 Å². The van der Waals surface area contributed by atoms with Crippen LogP contribution in [0.15, 0.2) is 41.6 Å². The quantitative estimate of drug-likeness (QED) is 0.857. The van der Waals surface area contributed by atoms with Gasteiger partial charge in [0.25, 0.3) is 10.0 Å². The Hall–Kier alpha value is -1.41. The molecule has 0 radical (unpaired) electrons. The van der Waals surface area contributed by atoms with Gasteiger partial charge in [0.05, 0.1) is 0 Å². The van der Waals surface area contributed by atoms with Gasteiger partial charge in [0.2, 0.25) is 0 Å². The second-order valence-corrected chi connectivity index (χ2v) is 8.87. The minimum absolute atomic E-state index is 0. The van der Waals surface area contributed by atoms with Crippen LogP contribution >= 0.6 is 12.4 Å². The highest BCUT2D eigenvalue weighted by Crippen LogP contribution is 2.35. The van der Waals surface area contributed by atoms with Crippen LogP contribution in [0.3, 0.4) is 0 Å². The number of aryl methyl sites for hydroxylation is 2. The number of nitrogens with two attached hydrogens (primary N) is 1. The summed E-state index contributed by atoms with van der Waals surface area (Å²) < 4.78 is 29.8. The lowest BCUT2D eigenvalue weighted by atomic mass is 9.89. The molecule has 4 rings (SSSR count). The van der Waals surface area contributed by atoms with E-state index >= 15 is 0 Å². The molecule has 1 aromatic heterocycles. The zero-order chi connectivity index (χ0) is 17.4. The summed E-state index contributed by atoms with van der Waals surface area (Å²) in [5, 5.41) is 0.189. The number of sulfonamides is 1. The summed E-state index contributed by atoms with van der Waals surface area (Å²) in [6.07, 6.45) is 4.72. The van der Waals surface area contributed by atoms with Crippen molar-refractivity contribution >= 4 is 22.4 Å². The number of hydrogen-bond donors (Lipinski definition) is 1. The maximum atomic E-state index is 13.1. The fourth-order valence-corrected chi connectivity index (χ4v) is 5.48. The van der Waals surface area contributed by atoms with Gasteiger partial charge in [0.1, 0.15) is 5.82 Å². The summed E-state index contributed by atoms with van der Waals surface area (Å²) >= 11 is 0. The minimum Gasteiger partial charge on any atom is -0.333 e. The smallest absolute Gasteiger partial charge is 0.262 e. The van der Waals surface area contributed by atoms with Crippen molar-refractivity contribution in [3.05, 3.63) is 47.9 Å². The molecule has 6 nitrogen and oxygen atoms in total. The molecular weight excluding hydrogens is 372 g/mol. The number of benzene rings is 1. The van der Waals surface area contributed by atoms with Crippen molar-refractivity contribution < 1.29 is 8.42 Å². The lowest BCUT2D eigenvalue weighted by Crippen LogP contribution is -2.30. The summed E-state index contributed by atoms with van der Waals surface area (Å²) in [5.74, 6) is 1.16. The summed E-state index contributed by atoms with van der Waals surface area (Å²) in [4.78, 5) is 4.42. The van der Waals surface area contributed by atoms with Crippen LogP contribution in [0.4, 0.5) is 0 Å². The normalized spacial score (nSPS) is 23.4. The van der Waals surface area contributed by atoms with Crippen molar-refractivity contribution in [1.29, 1.82) is 0 Å². The molecule has 0 saturated carbocycles. The molecule has 0 aliphatic carbocycles. The van der Waals surface area contributed by atoms with Crippen molar-refractivity contribution in [1.82, 2.24) is 13.9 Å². The molecule has 2 aliphatic rings. The maximum Gasteiger partial charge on any atom is 0.262 e. The number of imidazole rings is 1. The third-order valence-electron chi connectivity index (χ3n) is 5.43. The summed E-state index contributed by atoms with van der Waals surface area (Å²) in [6.45, 7) is 2.26. The van der Waals surface area contributed by atoms with Crippen LogP contribution in [0.1, 0.15) is 30.1 Å². The van der Waals surface area contributed by atoms with E-state index in [4.69, 9.17) is 5.73 Å². The maximum absolute atomic E-state index is 13.1. The average Bonchev–Trinajstić information content (AvgIpc) is 3.27. The number of aromatic nitrogens is 2. The predicted molar refractivity (Wildman–Crippen MR) is 103 cm³/mol. The number of nitrogens with zero attached hydrogens (tertiary/aromatic N) is 3. The Bertz CT molecular complexity index is 830. The van der Waals surface area contributed by atoms with Crippen molar-refractivity contribution in [2.45, 2.75) is 36.8 Å². The Morgan fingerprint density at radius 1 is 1.15 bits per heavy atom. The fourth-order valence-electron chi connectivity index (χ4n) is 3.99. The van der Waals surface area contributed by atoms with Gasteiger partial charge in [-0.1, -0.05) is 30.3 Å². The second-order valence-electron chi connectivity index (χ2n) is 6.98. The molecular formula is C18H25ClN4O2S. The van der Waals surface area contributed by atoms with Crippen LogP contribution in [-0.2, 0) is 23.0 Å². The second kappa shape index (κ2) is 7.68. The zero-order valence-electron chi connectivity index (χ0n) is 14.6. The zero-order valence-corrected chi connectivity index (χ0v) is 16.3. The molecule has 26 heavy (non-hydrogen) atoms. The highest BCUT2D eigenvalue weighted by atomic mass is 35.5. The van der Waals surface area contributed by atoms with Crippen molar-refractivity contribution in [2.24, 2.45) is 11.7 Å². The van der Waals surface area contributed by atoms with E-state index in [1.165, 1.54) is 0 Å². The Labute approximate surface area is 160 Å². The molecule has 1 aromatic carbocycles. The van der Waals surface area contributed by atoms with E-state index in [2.05, 4.69) is 17.1 Å². The van der Waals surface area contributed by atoms with Crippen LogP contribution in [0.2, 0.25) is 0 Å². The Kier molecular flexibility index (Phi) is 5.72. The van der Waals surface area contributed by atoms with Gasteiger partial charge < -0.3 is 10.3 Å². The van der Waals surface area contributed by atoms with Crippen LogP contribution in [-0.4, -0.2) is 41.9 Å². The van der Waals surface area contributed by atoms with E-state index in [0.717, 1.165) is 37.2 Å². The number of halogens is 1. The van der Waals surface area contributed by atoms with E-state index < -0.39 is 10.0 Å². The van der Waals surface area contributed by atoms with Crippen LogP contribution in [0, 0.1) is 5.92 Å². The first-order chi connectivity index (χ1) is 12.1. The first-order valence-corrected chi connectivity index (χ1v) is 10.3. The van der Waals surface area contributed by atoms with E-state index in [-0.39, 0.29) is 29.3 Å². The van der Waals surface area contributed by atoms with Crippen molar-refractivity contribution in [3.63, 3.8) is 0 Å². The van der Waals surface area contributed by atoms with Gasteiger partial charge in [-0.3, -0.25) is 0 Å². The van der Waals surface area contributed by atoms with E-state index in [9.17, 15) is 8.42 Å². The highest BCUT2D eigenvalue weighted by Gasteiger charge is 2.40. The lowest BCUT2D eigenvalue weighted by Gasteiger charge is -2.16. The summed E-state index contributed by atoms with van der Waals surface area (Å²) in [5.41, 5.74) is 7.10. The third kappa shape index (κ3) is 3.41. The van der Waals surface area contributed by atoms with E-state index in [1.807, 2.05) is 22.8 Å². The highest BCUT2D eigenvalue weighted by molar-refractivity contribution is 7.89. The van der Waals surface area contributed by atoms with Gasteiger partial charge in [-0.05, 0) is 30.9 Å². The molecule has 0 spiro atoms. The average molecular weight is 397 g/mol. The molecule has 2 aliphatic heterocycles. The molecule has 1 saturated heterocycles. The van der Waals surface area contributed by atoms with Gasteiger partial charge >= 0.3 is 0 Å². The molecule has 1 fully saturated rings. The van der Waals surface area contributed by atoms with E-state index in [0.29, 0.717) is 19.6 Å². The molecule has 0 bridgehead atoms. The van der Waals surface area contributed by atoms with Gasteiger partial charge in [-0.2, -0.15) is 4.31 Å². The monoisotopic (exact) mass is 396 g/mol. The summed E-state index contributed by atoms with van der Waals surface area (Å²) in [7, 11) is -3.57. The fraction of sp³-hybridized carbons (Fsp3) is 0.500. The molecule has 142 valence electrons.